The van der Waals surface area contributed by atoms with Gasteiger partial charge in [0.1, 0.15) is 10.6 Å². The van der Waals surface area contributed by atoms with E-state index in [4.69, 9.17) is 0 Å². The molecule has 1 aliphatic rings. The van der Waals surface area contributed by atoms with Crippen LogP contribution in [0.1, 0.15) is 27.6 Å². The zero-order chi connectivity index (χ0) is 21.3. The first-order chi connectivity index (χ1) is 14.4. The highest BCUT2D eigenvalue weighted by Gasteiger charge is 2.32. The molecule has 0 bridgehead atoms. The number of hydrogen-bond acceptors (Lipinski definition) is 5. The van der Waals surface area contributed by atoms with Crippen LogP contribution in [0.2, 0.25) is 0 Å². The van der Waals surface area contributed by atoms with Crippen molar-refractivity contribution in [3.8, 4) is 0 Å². The number of rotatable bonds is 5. The molecule has 1 aliphatic heterocycles. The Labute approximate surface area is 178 Å². The van der Waals surface area contributed by atoms with Crippen LogP contribution in [0.15, 0.2) is 42.6 Å². The van der Waals surface area contributed by atoms with Gasteiger partial charge in [-0.05, 0) is 48.9 Å². The Morgan fingerprint density at radius 2 is 2.03 bits per heavy atom. The number of anilines is 1. The third-order valence-electron chi connectivity index (χ3n) is 5.28. The summed E-state index contributed by atoms with van der Waals surface area (Å²) in [5.74, 6) is -0.319. The van der Waals surface area contributed by atoms with Crippen molar-refractivity contribution in [2.45, 2.75) is 12.3 Å². The summed E-state index contributed by atoms with van der Waals surface area (Å²) in [6, 6.07) is 9.64. The molecule has 1 unspecified atom stereocenters. The number of aromatic nitrogens is 1. The van der Waals surface area contributed by atoms with Crippen molar-refractivity contribution in [1.82, 2.24) is 14.8 Å². The molecule has 0 spiro atoms. The van der Waals surface area contributed by atoms with E-state index in [1.54, 1.807) is 37.3 Å². The van der Waals surface area contributed by atoms with Crippen LogP contribution >= 0.6 is 11.3 Å². The van der Waals surface area contributed by atoms with E-state index in [9.17, 15) is 14.0 Å². The van der Waals surface area contributed by atoms with Crippen molar-refractivity contribution in [3.05, 3.63) is 58.9 Å². The standard InChI is InChI=1S/C22H23FN4O2S/c1-26(2)22(29)20-19(17-4-3-10-24-21(17)30-20)14-9-11-27(12-14)13-18(28)25-16-7-5-15(23)6-8-16/h3-8,10,14H,9,11-13H2,1-2H3,(H,25,28). The van der Waals surface area contributed by atoms with Crippen LogP contribution in [0.3, 0.4) is 0 Å². The van der Waals surface area contributed by atoms with Crippen molar-refractivity contribution in [3.63, 3.8) is 0 Å². The quantitative estimate of drug-likeness (QED) is 0.678. The molecule has 1 saturated heterocycles. The highest BCUT2D eigenvalue weighted by molar-refractivity contribution is 7.20. The Kier molecular flexibility index (Phi) is 5.78. The summed E-state index contributed by atoms with van der Waals surface area (Å²) in [5.41, 5.74) is 1.62. The van der Waals surface area contributed by atoms with Crippen LogP contribution in [0.4, 0.5) is 10.1 Å². The second-order valence-electron chi connectivity index (χ2n) is 7.68. The minimum Gasteiger partial charge on any atom is -0.344 e. The van der Waals surface area contributed by atoms with Gasteiger partial charge < -0.3 is 10.2 Å². The molecule has 1 fully saturated rings. The monoisotopic (exact) mass is 426 g/mol. The SMILES string of the molecule is CN(C)C(=O)c1sc2ncccc2c1C1CCN(CC(=O)Nc2ccc(F)cc2)C1. The Bertz CT molecular complexity index is 1080. The smallest absolute Gasteiger partial charge is 0.263 e. The number of amides is 2. The van der Waals surface area contributed by atoms with E-state index in [2.05, 4.69) is 15.2 Å². The second-order valence-corrected chi connectivity index (χ2v) is 8.68. The average Bonchev–Trinajstić information content (AvgIpc) is 3.33. The number of carbonyl (C=O) groups is 2. The van der Waals surface area contributed by atoms with Crippen LogP contribution in [-0.4, -0.2) is 60.3 Å². The molecule has 8 heteroatoms. The second kappa shape index (κ2) is 8.49. The molecule has 3 aromatic rings. The van der Waals surface area contributed by atoms with Gasteiger partial charge in [-0.25, -0.2) is 9.37 Å². The lowest BCUT2D eigenvalue weighted by Gasteiger charge is -2.17. The third-order valence-corrected chi connectivity index (χ3v) is 6.40. The van der Waals surface area contributed by atoms with Crippen molar-refractivity contribution in [1.29, 1.82) is 0 Å². The van der Waals surface area contributed by atoms with E-state index in [0.29, 0.717) is 12.2 Å². The first kappa shape index (κ1) is 20.4. The lowest BCUT2D eigenvalue weighted by Crippen LogP contribution is -2.31. The predicted octanol–water partition coefficient (Wildman–Crippen LogP) is 3.57. The summed E-state index contributed by atoms with van der Waals surface area (Å²) in [4.78, 5) is 34.9. The van der Waals surface area contributed by atoms with Crippen LogP contribution < -0.4 is 5.32 Å². The summed E-state index contributed by atoms with van der Waals surface area (Å²) < 4.78 is 13.0. The van der Waals surface area contributed by atoms with E-state index < -0.39 is 0 Å². The molecule has 1 aromatic carbocycles. The number of pyridine rings is 1. The molecule has 156 valence electrons. The lowest BCUT2D eigenvalue weighted by atomic mass is 9.95. The van der Waals surface area contributed by atoms with Gasteiger partial charge >= 0.3 is 0 Å². The highest BCUT2D eigenvalue weighted by Crippen LogP contribution is 2.39. The van der Waals surface area contributed by atoms with E-state index >= 15 is 0 Å². The molecular formula is C22H23FN4O2S. The van der Waals surface area contributed by atoms with Crippen LogP contribution in [0, 0.1) is 5.82 Å². The van der Waals surface area contributed by atoms with Crippen LogP contribution in [0.5, 0.6) is 0 Å². The van der Waals surface area contributed by atoms with Gasteiger partial charge in [-0.2, -0.15) is 0 Å². The molecule has 0 aliphatic carbocycles. The Balaban J connectivity index is 1.49. The van der Waals surface area contributed by atoms with Crippen LogP contribution in [-0.2, 0) is 4.79 Å². The molecule has 30 heavy (non-hydrogen) atoms. The van der Waals surface area contributed by atoms with Gasteiger partial charge in [-0.1, -0.05) is 6.07 Å². The fraction of sp³-hybridized carbons (Fsp3) is 0.318. The molecule has 0 saturated carbocycles. The minimum atomic E-state index is -0.337. The maximum atomic E-state index is 13.0. The lowest BCUT2D eigenvalue weighted by molar-refractivity contribution is -0.117. The van der Waals surface area contributed by atoms with Crippen molar-refractivity contribution in [2.24, 2.45) is 0 Å². The van der Waals surface area contributed by atoms with E-state index in [1.165, 1.54) is 23.5 Å². The zero-order valence-corrected chi connectivity index (χ0v) is 17.7. The molecule has 2 amide bonds. The molecule has 3 heterocycles. The van der Waals surface area contributed by atoms with Gasteiger partial charge in [0, 0.05) is 43.8 Å². The average molecular weight is 427 g/mol. The normalized spacial score (nSPS) is 16.7. The number of benzene rings is 1. The number of carbonyl (C=O) groups excluding carboxylic acids is 2. The number of nitrogens with zero attached hydrogens (tertiary/aromatic N) is 3. The van der Waals surface area contributed by atoms with Gasteiger partial charge in [0.2, 0.25) is 5.91 Å². The molecule has 1 N–H and O–H groups in total. The van der Waals surface area contributed by atoms with Crippen molar-refractivity contribution in [2.75, 3.05) is 39.0 Å². The third kappa shape index (κ3) is 4.20. The molecule has 2 aromatic heterocycles. The largest absolute Gasteiger partial charge is 0.344 e. The molecular weight excluding hydrogens is 403 g/mol. The number of fused-ring (bicyclic) bond motifs is 1. The summed E-state index contributed by atoms with van der Waals surface area (Å²) in [7, 11) is 3.51. The van der Waals surface area contributed by atoms with Gasteiger partial charge in [0.25, 0.3) is 5.91 Å². The van der Waals surface area contributed by atoms with E-state index in [1.807, 2.05) is 12.1 Å². The number of likely N-dealkylation sites (tertiary alicyclic amines) is 1. The highest BCUT2D eigenvalue weighted by atomic mass is 32.1. The minimum absolute atomic E-state index is 0.0134. The number of hydrogen-bond donors (Lipinski definition) is 1. The molecule has 4 rings (SSSR count). The van der Waals surface area contributed by atoms with Gasteiger partial charge in [0.15, 0.2) is 0 Å². The summed E-state index contributed by atoms with van der Waals surface area (Å²) >= 11 is 1.43. The van der Waals surface area contributed by atoms with Crippen LogP contribution in [0.25, 0.3) is 10.2 Å². The van der Waals surface area contributed by atoms with Crippen molar-refractivity contribution >= 4 is 39.1 Å². The van der Waals surface area contributed by atoms with Crippen molar-refractivity contribution < 1.29 is 14.0 Å². The molecule has 6 nitrogen and oxygen atoms in total. The summed E-state index contributed by atoms with van der Waals surface area (Å²) in [5, 5.41) is 3.83. The number of thiophene rings is 1. The number of nitrogens with one attached hydrogen (secondary N) is 1. The maximum absolute atomic E-state index is 13.0. The summed E-state index contributed by atoms with van der Waals surface area (Å²) in [6.07, 6.45) is 2.62. The first-order valence-corrected chi connectivity index (χ1v) is 10.6. The maximum Gasteiger partial charge on any atom is 0.263 e. The molecule has 1 atom stereocenters. The Morgan fingerprint density at radius 1 is 1.27 bits per heavy atom. The van der Waals surface area contributed by atoms with Gasteiger partial charge in [-0.3, -0.25) is 14.5 Å². The summed E-state index contributed by atoms with van der Waals surface area (Å²) in [6.45, 7) is 1.73. The van der Waals surface area contributed by atoms with E-state index in [0.717, 1.165) is 33.6 Å². The Hall–Kier alpha value is -2.84. The molecule has 0 radical (unpaired) electrons. The fourth-order valence-corrected chi connectivity index (χ4v) is 5.12. The number of halogens is 1. The van der Waals surface area contributed by atoms with E-state index in [-0.39, 0.29) is 30.1 Å². The van der Waals surface area contributed by atoms with Gasteiger partial charge in [0.05, 0.1) is 11.4 Å². The zero-order valence-electron chi connectivity index (χ0n) is 16.9. The predicted molar refractivity (Wildman–Crippen MR) is 116 cm³/mol. The topological polar surface area (TPSA) is 65.5 Å². The first-order valence-electron chi connectivity index (χ1n) is 9.79. The Morgan fingerprint density at radius 3 is 2.77 bits per heavy atom. The van der Waals surface area contributed by atoms with Gasteiger partial charge in [-0.15, -0.1) is 11.3 Å². The fourth-order valence-electron chi connectivity index (χ4n) is 3.87.